The lowest BCUT2D eigenvalue weighted by molar-refractivity contribution is -0.610. The molecule has 0 saturated heterocycles. The van der Waals surface area contributed by atoms with Crippen molar-refractivity contribution in [3.8, 4) is 0 Å². The fraction of sp³-hybridized carbons (Fsp3) is 0. The van der Waals surface area contributed by atoms with Gasteiger partial charge >= 0.3 is 5.69 Å². The smallest absolute Gasteiger partial charge is 0.356 e. The van der Waals surface area contributed by atoms with Crippen LogP contribution in [0.2, 0.25) is 0 Å². The lowest BCUT2D eigenvalue weighted by Crippen LogP contribution is -2.25. The summed E-state index contributed by atoms with van der Waals surface area (Å²) in [5.41, 5.74) is 3.53. The summed E-state index contributed by atoms with van der Waals surface area (Å²) in [4.78, 5) is 12.2. The number of aromatic nitrogens is 1. The number of nitroso groups, excluding NO2 is 1. The van der Waals surface area contributed by atoms with E-state index < -0.39 is 0 Å². The predicted octanol–water partition coefficient (Wildman–Crippen LogP) is 1.76. The number of nitrogens with one attached hydrogen (secondary N) is 1. The molecule has 1 heterocycles. The molecule has 2 rings (SSSR count). The summed E-state index contributed by atoms with van der Waals surface area (Å²) in [7, 11) is 0. The molecular weight excluding hydrogens is 206 g/mol. The van der Waals surface area contributed by atoms with Crippen LogP contribution in [-0.4, -0.2) is 4.87 Å². The Bertz CT molecular complexity index is 500. The van der Waals surface area contributed by atoms with Gasteiger partial charge in [-0.1, -0.05) is 18.2 Å². The van der Waals surface area contributed by atoms with Crippen LogP contribution in [0, 0.1) is 10.1 Å². The van der Waals surface area contributed by atoms with E-state index in [1.54, 1.807) is 18.2 Å². The first kappa shape index (κ1) is 10.1. The Morgan fingerprint density at radius 2 is 1.88 bits per heavy atom. The number of anilines is 1. The molecule has 0 aliphatic carbocycles. The van der Waals surface area contributed by atoms with E-state index in [2.05, 4.69) is 5.43 Å². The SMILES string of the molecule is O=[N+](Nc1ccccc1)c1ccc[n+]([O-])c1. The molecule has 0 fully saturated rings. The third-order valence-electron chi connectivity index (χ3n) is 2.00. The Labute approximate surface area is 92.1 Å². The minimum atomic E-state index is 0.251. The maximum Gasteiger partial charge on any atom is 0.356 e. The maximum absolute atomic E-state index is 11.6. The van der Waals surface area contributed by atoms with Gasteiger partial charge in [-0.2, -0.15) is 4.73 Å². The molecule has 2 aromatic rings. The lowest BCUT2D eigenvalue weighted by atomic mass is 10.3. The van der Waals surface area contributed by atoms with Crippen LogP contribution in [0.3, 0.4) is 0 Å². The lowest BCUT2D eigenvalue weighted by Gasteiger charge is -1.96. The average molecular weight is 216 g/mol. The van der Waals surface area contributed by atoms with Gasteiger partial charge in [0.1, 0.15) is 5.69 Å². The second-order valence-electron chi connectivity index (χ2n) is 3.19. The van der Waals surface area contributed by atoms with Gasteiger partial charge in [0.25, 0.3) is 6.20 Å². The molecule has 0 unspecified atom stereocenters. The minimum Gasteiger partial charge on any atom is -0.619 e. The first-order chi connectivity index (χ1) is 7.75. The van der Waals surface area contributed by atoms with Crippen molar-refractivity contribution in [2.75, 3.05) is 5.43 Å². The highest BCUT2D eigenvalue weighted by Gasteiger charge is 2.16. The van der Waals surface area contributed by atoms with E-state index >= 15 is 0 Å². The Kier molecular flexibility index (Phi) is 2.77. The molecule has 0 aliphatic rings. The van der Waals surface area contributed by atoms with Gasteiger partial charge in [0.2, 0.25) is 0 Å². The number of hydrogen-bond donors (Lipinski definition) is 1. The number of nitrogens with zero attached hydrogens (tertiary/aromatic N) is 2. The van der Waals surface area contributed by atoms with Gasteiger partial charge in [0, 0.05) is 12.1 Å². The van der Waals surface area contributed by atoms with E-state index in [-0.39, 0.29) is 5.69 Å². The molecular formula is C11H10N3O2+. The molecule has 0 atom stereocenters. The third kappa shape index (κ3) is 2.33. The van der Waals surface area contributed by atoms with Gasteiger partial charge in [-0.3, -0.25) is 0 Å². The molecule has 1 aromatic carbocycles. The van der Waals surface area contributed by atoms with Gasteiger partial charge in [-0.05, 0) is 12.1 Å². The monoisotopic (exact) mass is 216 g/mol. The second kappa shape index (κ2) is 4.39. The summed E-state index contributed by atoms with van der Waals surface area (Å²) >= 11 is 0. The van der Waals surface area contributed by atoms with Crippen molar-refractivity contribution in [3.63, 3.8) is 0 Å². The Hall–Kier alpha value is -2.43. The topological polar surface area (TPSA) is 59.0 Å². The van der Waals surface area contributed by atoms with Crippen molar-refractivity contribution in [2.45, 2.75) is 0 Å². The highest BCUT2D eigenvalue weighted by molar-refractivity contribution is 5.40. The maximum atomic E-state index is 11.6. The largest absolute Gasteiger partial charge is 0.619 e. The van der Waals surface area contributed by atoms with Crippen LogP contribution in [0.4, 0.5) is 11.4 Å². The molecule has 80 valence electrons. The molecule has 1 N–H and O–H groups in total. The van der Waals surface area contributed by atoms with Crippen LogP contribution >= 0.6 is 0 Å². The zero-order chi connectivity index (χ0) is 11.4. The van der Waals surface area contributed by atoms with E-state index in [9.17, 15) is 10.1 Å². The summed E-state index contributed by atoms with van der Waals surface area (Å²) in [5.74, 6) is 0. The molecule has 0 amide bonds. The molecule has 1 aromatic heterocycles. The molecule has 5 nitrogen and oxygen atoms in total. The number of benzene rings is 1. The summed E-state index contributed by atoms with van der Waals surface area (Å²) in [5, 5.41) is 11.0. The molecule has 0 aliphatic heterocycles. The van der Waals surface area contributed by atoms with Gasteiger partial charge in [-0.15, -0.1) is 5.43 Å². The molecule has 5 heteroatoms. The molecule has 0 bridgehead atoms. The van der Waals surface area contributed by atoms with Crippen LogP contribution in [-0.2, 0) is 0 Å². The van der Waals surface area contributed by atoms with Crippen LogP contribution in [0.25, 0.3) is 0 Å². The fourth-order valence-corrected chi connectivity index (χ4v) is 1.26. The van der Waals surface area contributed by atoms with Crippen molar-refractivity contribution in [3.05, 3.63) is 65.0 Å². The highest BCUT2D eigenvalue weighted by Crippen LogP contribution is 2.11. The van der Waals surface area contributed by atoms with Gasteiger partial charge in [-0.25, -0.2) is 0 Å². The Balaban J connectivity index is 2.15. The number of rotatable bonds is 3. The molecule has 0 spiro atoms. The van der Waals surface area contributed by atoms with Gasteiger partial charge < -0.3 is 5.21 Å². The van der Waals surface area contributed by atoms with Crippen LogP contribution in [0.1, 0.15) is 0 Å². The van der Waals surface area contributed by atoms with Crippen molar-refractivity contribution >= 4 is 11.4 Å². The predicted molar refractivity (Wildman–Crippen MR) is 58.8 cm³/mol. The van der Waals surface area contributed by atoms with Crippen molar-refractivity contribution < 1.29 is 9.60 Å². The number of hydrazine groups is 1. The molecule has 0 saturated carbocycles. The number of pyridine rings is 1. The second-order valence-corrected chi connectivity index (χ2v) is 3.19. The van der Waals surface area contributed by atoms with E-state index in [4.69, 9.17) is 0 Å². The van der Waals surface area contributed by atoms with E-state index in [1.807, 2.05) is 18.2 Å². The fourth-order valence-electron chi connectivity index (χ4n) is 1.26. The summed E-state index contributed by atoms with van der Waals surface area (Å²) < 4.78 is 0.576. The quantitative estimate of drug-likeness (QED) is 0.483. The third-order valence-corrected chi connectivity index (χ3v) is 2.00. The van der Waals surface area contributed by atoms with E-state index in [1.165, 1.54) is 18.5 Å². The summed E-state index contributed by atoms with van der Waals surface area (Å²) in [6, 6.07) is 12.1. The first-order valence-corrected chi connectivity index (χ1v) is 4.73. The van der Waals surface area contributed by atoms with Crippen LogP contribution < -0.4 is 10.2 Å². The van der Waals surface area contributed by atoms with E-state index in [0.717, 1.165) is 0 Å². The minimum absolute atomic E-state index is 0.251. The van der Waals surface area contributed by atoms with Crippen molar-refractivity contribution in [1.82, 2.24) is 0 Å². The van der Waals surface area contributed by atoms with E-state index in [0.29, 0.717) is 15.3 Å². The zero-order valence-corrected chi connectivity index (χ0v) is 8.41. The molecule has 0 radical (unpaired) electrons. The highest BCUT2D eigenvalue weighted by atomic mass is 16.5. The first-order valence-electron chi connectivity index (χ1n) is 4.73. The number of para-hydroxylation sites is 1. The van der Waals surface area contributed by atoms with Gasteiger partial charge in [0.15, 0.2) is 11.1 Å². The normalized spacial score (nSPS) is 9.75. The average Bonchev–Trinajstić information content (AvgIpc) is 2.30. The Morgan fingerprint density at radius 3 is 2.56 bits per heavy atom. The van der Waals surface area contributed by atoms with Gasteiger partial charge in [0.05, 0.1) is 4.91 Å². The number of hydrogen-bond acceptors (Lipinski definition) is 2. The summed E-state index contributed by atoms with van der Waals surface area (Å²) in [6.07, 6.45) is 2.52. The zero-order valence-electron chi connectivity index (χ0n) is 8.41. The standard InChI is InChI=1S/C11H10N3O2/c15-13-8-4-7-11(9-13)14(16)12-10-5-2-1-3-6-10/h1-9H,(H,12,16)/q+1. The van der Waals surface area contributed by atoms with Crippen LogP contribution in [0.5, 0.6) is 0 Å². The molecule has 16 heavy (non-hydrogen) atoms. The van der Waals surface area contributed by atoms with Crippen molar-refractivity contribution in [1.29, 1.82) is 0 Å². The Morgan fingerprint density at radius 1 is 1.12 bits per heavy atom. The van der Waals surface area contributed by atoms with Crippen LogP contribution in [0.15, 0.2) is 54.9 Å². The van der Waals surface area contributed by atoms with Crippen molar-refractivity contribution in [2.24, 2.45) is 0 Å². The summed E-state index contributed by atoms with van der Waals surface area (Å²) in [6.45, 7) is 0.